The highest BCUT2D eigenvalue weighted by Gasteiger charge is 2.25. The molecule has 150 valence electrons. The molecule has 0 radical (unpaired) electrons. The van der Waals surface area contributed by atoms with Crippen LogP contribution in [0.3, 0.4) is 0 Å². The third kappa shape index (κ3) is 4.32. The number of thioether (sulfide) groups is 2. The van der Waals surface area contributed by atoms with Gasteiger partial charge in [0, 0.05) is 35.8 Å². The van der Waals surface area contributed by atoms with E-state index in [-0.39, 0.29) is 16.3 Å². The number of hydrogen-bond donors (Lipinski definition) is 0. The first kappa shape index (κ1) is 20.3. The van der Waals surface area contributed by atoms with E-state index in [0.29, 0.717) is 17.3 Å². The first-order valence-electron chi connectivity index (χ1n) is 9.15. The normalized spacial score (nSPS) is 14.4. The van der Waals surface area contributed by atoms with E-state index < -0.39 is 0 Å². The van der Waals surface area contributed by atoms with Crippen LogP contribution in [0.25, 0.3) is 16.6 Å². The monoisotopic (exact) mass is 446 g/mol. The summed E-state index contributed by atoms with van der Waals surface area (Å²) in [6.07, 6.45) is 0.370. The zero-order valence-electron chi connectivity index (χ0n) is 16.0. The number of aromatic nitrogens is 2. The molecular formula is C21H19ClN2O3S2. The van der Waals surface area contributed by atoms with Crippen LogP contribution in [0.15, 0.2) is 36.4 Å². The molecule has 1 saturated heterocycles. The smallest absolute Gasteiger partial charge is 0.308 e. The summed E-state index contributed by atoms with van der Waals surface area (Å²) in [7, 11) is 0. The molecule has 4 rings (SSSR count). The van der Waals surface area contributed by atoms with Crippen molar-refractivity contribution in [3.63, 3.8) is 0 Å². The Hall–Kier alpha value is -1.96. The van der Waals surface area contributed by atoms with Crippen molar-refractivity contribution in [2.24, 2.45) is 0 Å². The number of ketones is 1. The summed E-state index contributed by atoms with van der Waals surface area (Å²) in [5, 5.41) is 6.01. The maximum absolute atomic E-state index is 11.5. The van der Waals surface area contributed by atoms with Crippen molar-refractivity contribution in [1.29, 1.82) is 0 Å². The maximum Gasteiger partial charge on any atom is 0.308 e. The molecule has 0 bridgehead atoms. The molecule has 0 atom stereocenters. The van der Waals surface area contributed by atoms with E-state index in [1.54, 1.807) is 17.7 Å². The molecular weight excluding hydrogens is 428 g/mol. The van der Waals surface area contributed by atoms with Crippen LogP contribution < -0.4 is 4.74 Å². The molecule has 1 fully saturated rings. The van der Waals surface area contributed by atoms with E-state index in [1.165, 1.54) is 6.92 Å². The highest BCUT2D eigenvalue weighted by molar-refractivity contribution is 8.19. The molecule has 1 aromatic heterocycles. The summed E-state index contributed by atoms with van der Waals surface area (Å²) in [5.74, 6) is 2.40. The van der Waals surface area contributed by atoms with Crippen molar-refractivity contribution in [1.82, 2.24) is 9.78 Å². The summed E-state index contributed by atoms with van der Waals surface area (Å²) in [6.45, 7) is 2.96. The van der Waals surface area contributed by atoms with Crippen molar-refractivity contribution in [3.05, 3.63) is 52.7 Å². The molecule has 29 heavy (non-hydrogen) atoms. The fraction of sp³-hybridized carbons (Fsp3) is 0.286. The van der Waals surface area contributed by atoms with Gasteiger partial charge in [-0.05, 0) is 42.8 Å². The minimum atomic E-state index is -0.351. The average molecular weight is 447 g/mol. The number of halogens is 1. The van der Waals surface area contributed by atoms with Gasteiger partial charge in [-0.2, -0.15) is 5.10 Å². The van der Waals surface area contributed by atoms with Crippen molar-refractivity contribution >= 4 is 57.8 Å². The fourth-order valence-electron chi connectivity index (χ4n) is 3.34. The van der Waals surface area contributed by atoms with Gasteiger partial charge in [-0.15, -0.1) is 23.5 Å². The van der Waals surface area contributed by atoms with Crippen LogP contribution in [0, 0.1) is 0 Å². The summed E-state index contributed by atoms with van der Waals surface area (Å²) < 4.78 is 7.25. The van der Waals surface area contributed by atoms with Crippen LogP contribution in [0.2, 0.25) is 5.15 Å². The molecule has 5 nitrogen and oxygen atoms in total. The SMILES string of the molecule is CC(=O)Cc1ccc2nn(-c3ccc(OC(C)=O)cc3C3SCCS3)c(Cl)c2c1. The van der Waals surface area contributed by atoms with Crippen LogP contribution in [0.5, 0.6) is 5.75 Å². The number of esters is 1. The average Bonchev–Trinajstić information content (AvgIpc) is 3.30. The predicted octanol–water partition coefficient (Wildman–Crippen LogP) is 5.21. The number of rotatable bonds is 5. The number of benzene rings is 2. The molecule has 1 aliphatic rings. The molecule has 1 aliphatic heterocycles. The number of fused-ring (bicyclic) bond motifs is 1. The van der Waals surface area contributed by atoms with Crippen LogP contribution in [-0.2, 0) is 16.0 Å². The van der Waals surface area contributed by atoms with Gasteiger partial charge < -0.3 is 4.74 Å². The quantitative estimate of drug-likeness (QED) is 0.396. The van der Waals surface area contributed by atoms with Crippen LogP contribution in [-0.4, -0.2) is 33.0 Å². The van der Waals surface area contributed by atoms with Crippen LogP contribution in [0.1, 0.15) is 29.6 Å². The van der Waals surface area contributed by atoms with E-state index in [4.69, 9.17) is 21.4 Å². The van der Waals surface area contributed by atoms with E-state index >= 15 is 0 Å². The molecule has 2 heterocycles. The van der Waals surface area contributed by atoms with Gasteiger partial charge in [0.05, 0.1) is 15.8 Å². The Kier molecular flexibility index (Phi) is 5.90. The lowest BCUT2D eigenvalue weighted by Crippen LogP contribution is -2.06. The number of carbonyl (C=O) groups excluding carboxylic acids is 2. The lowest BCUT2D eigenvalue weighted by Gasteiger charge is -2.16. The standard InChI is InChI=1S/C21H19ClN2O3S2/c1-12(25)9-14-3-5-18-16(10-14)20(22)24(23-18)19-6-4-15(27-13(2)26)11-17(19)21-28-7-8-29-21/h3-6,10-11,21H,7-9H2,1-2H3. The minimum Gasteiger partial charge on any atom is -0.427 e. The number of hydrogen-bond acceptors (Lipinski definition) is 6. The Morgan fingerprint density at radius 3 is 2.62 bits per heavy atom. The van der Waals surface area contributed by atoms with Crippen LogP contribution in [0.4, 0.5) is 0 Å². The van der Waals surface area contributed by atoms with Crippen molar-refractivity contribution in [3.8, 4) is 11.4 Å². The second-order valence-corrected chi connectivity index (χ2v) is 9.90. The second-order valence-electron chi connectivity index (χ2n) is 6.82. The number of nitrogens with zero attached hydrogens (tertiary/aromatic N) is 2. The van der Waals surface area contributed by atoms with E-state index in [0.717, 1.165) is 39.2 Å². The molecule has 8 heteroatoms. The molecule has 3 aromatic rings. The largest absolute Gasteiger partial charge is 0.427 e. The lowest BCUT2D eigenvalue weighted by molar-refractivity contribution is -0.131. The molecule has 0 N–H and O–H groups in total. The van der Waals surface area contributed by atoms with E-state index in [1.807, 2.05) is 53.9 Å². The summed E-state index contributed by atoms with van der Waals surface area (Å²) in [6, 6.07) is 11.3. The number of Topliss-reactive ketones (excluding diaryl/α,β-unsaturated/α-hetero) is 1. The van der Waals surface area contributed by atoms with Gasteiger partial charge in [-0.3, -0.25) is 9.59 Å². The minimum absolute atomic E-state index is 0.103. The third-order valence-corrected chi connectivity index (χ3v) is 7.93. The van der Waals surface area contributed by atoms with Crippen LogP contribution >= 0.6 is 35.1 Å². The zero-order valence-corrected chi connectivity index (χ0v) is 18.4. The Morgan fingerprint density at radius 1 is 1.17 bits per heavy atom. The van der Waals surface area contributed by atoms with Gasteiger partial charge in [-0.25, -0.2) is 4.68 Å². The molecule has 0 aliphatic carbocycles. The first-order chi connectivity index (χ1) is 13.9. The summed E-state index contributed by atoms with van der Waals surface area (Å²) in [4.78, 5) is 22.9. The summed E-state index contributed by atoms with van der Waals surface area (Å²) in [5.41, 5.74) is 3.57. The maximum atomic E-state index is 11.5. The van der Waals surface area contributed by atoms with Crippen molar-refractivity contribution in [2.75, 3.05) is 11.5 Å². The van der Waals surface area contributed by atoms with E-state index in [9.17, 15) is 9.59 Å². The Morgan fingerprint density at radius 2 is 1.93 bits per heavy atom. The van der Waals surface area contributed by atoms with E-state index in [2.05, 4.69) is 0 Å². The van der Waals surface area contributed by atoms with Gasteiger partial charge in [0.15, 0.2) is 0 Å². The Bertz CT molecular complexity index is 1110. The number of ether oxygens (including phenoxy) is 1. The fourth-order valence-corrected chi connectivity index (χ4v) is 6.52. The van der Waals surface area contributed by atoms with Gasteiger partial charge in [0.25, 0.3) is 0 Å². The van der Waals surface area contributed by atoms with Crippen molar-refractivity contribution < 1.29 is 14.3 Å². The molecule has 0 spiro atoms. The molecule has 2 aromatic carbocycles. The topological polar surface area (TPSA) is 61.2 Å². The van der Waals surface area contributed by atoms with Gasteiger partial charge in [-0.1, -0.05) is 17.7 Å². The van der Waals surface area contributed by atoms with Crippen molar-refractivity contribution in [2.45, 2.75) is 24.9 Å². The zero-order chi connectivity index (χ0) is 20.5. The molecule has 0 unspecified atom stereocenters. The highest BCUT2D eigenvalue weighted by atomic mass is 35.5. The Labute approximate surface area is 182 Å². The van der Waals surface area contributed by atoms with Gasteiger partial charge in [0.2, 0.25) is 0 Å². The van der Waals surface area contributed by atoms with Gasteiger partial charge >= 0.3 is 5.97 Å². The summed E-state index contributed by atoms with van der Waals surface area (Å²) >= 11 is 10.4. The highest BCUT2D eigenvalue weighted by Crippen LogP contribution is 2.48. The second kappa shape index (κ2) is 8.42. The van der Waals surface area contributed by atoms with Gasteiger partial charge in [0.1, 0.15) is 16.7 Å². The molecule has 0 amide bonds. The third-order valence-electron chi connectivity index (χ3n) is 4.49. The molecule has 0 saturated carbocycles. The first-order valence-corrected chi connectivity index (χ1v) is 11.6. The number of carbonyl (C=O) groups is 2. The predicted molar refractivity (Wildman–Crippen MR) is 119 cm³/mol. The Balaban J connectivity index is 1.82. The lowest BCUT2D eigenvalue weighted by atomic mass is 10.1.